The van der Waals surface area contributed by atoms with E-state index in [9.17, 15) is 5.11 Å². The molecule has 3 nitrogen and oxygen atoms in total. The number of hydrogen-bond donors (Lipinski definition) is 2. The fourth-order valence-corrected chi connectivity index (χ4v) is 1.96. The lowest BCUT2D eigenvalue weighted by Crippen LogP contribution is -2.42. The van der Waals surface area contributed by atoms with Crippen LogP contribution in [-0.2, 0) is 0 Å². The molecule has 0 radical (unpaired) electrons. The molecule has 3 heteroatoms. The molecule has 0 saturated heterocycles. The molecule has 0 aliphatic heterocycles. The second kappa shape index (κ2) is 8.06. The van der Waals surface area contributed by atoms with E-state index in [1.54, 1.807) is 0 Å². The minimum atomic E-state index is -0.190. The molecular weight excluding hydrogens is 212 g/mol. The Bertz CT molecular complexity index is 187. The lowest BCUT2D eigenvalue weighted by Gasteiger charge is -2.33. The van der Waals surface area contributed by atoms with Crippen LogP contribution in [0.15, 0.2) is 0 Å². The van der Waals surface area contributed by atoms with Crippen molar-refractivity contribution in [2.45, 2.75) is 59.6 Å². The monoisotopic (exact) mass is 244 g/mol. The highest BCUT2D eigenvalue weighted by Gasteiger charge is 2.23. The van der Waals surface area contributed by atoms with E-state index in [1.807, 2.05) is 6.92 Å². The molecule has 0 amide bonds. The Kier molecular flexibility index (Phi) is 8.01. The maximum Gasteiger partial charge on any atom is 0.0524 e. The van der Waals surface area contributed by atoms with Crippen molar-refractivity contribution in [3.63, 3.8) is 0 Å². The molecule has 0 spiro atoms. The van der Waals surface area contributed by atoms with Crippen molar-refractivity contribution in [1.29, 1.82) is 0 Å². The minimum absolute atomic E-state index is 0.190. The van der Waals surface area contributed by atoms with Crippen molar-refractivity contribution in [2.24, 2.45) is 5.41 Å². The van der Waals surface area contributed by atoms with E-state index >= 15 is 0 Å². The van der Waals surface area contributed by atoms with Crippen LogP contribution in [0.25, 0.3) is 0 Å². The summed E-state index contributed by atoms with van der Waals surface area (Å²) in [7, 11) is 2.13. The molecule has 0 rings (SSSR count). The Morgan fingerprint density at radius 1 is 1.18 bits per heavy atom. The molecule has 17 heavy (non-hydrogen) atoms. The molecule has 0 saturated carbocycles. The van der Waals surface area contributed by atoms with Crippen molar-refractivity contribution < 1.29 is 5.11 Å². The minimum Gasteiger partial charge on any atom is -0.393 e. The van der Waals surface area contributed by atoms with Gasteiger partial charge in [0.2, 0.25) is 0 Å². The van der Waals surface area contributed by atoms with Crippen LogP contribution in [0.5, 0.6) is 0 Å². The van der Waals surface area contributed by atoms with Crippen LogP contribution in [0.4, 0.5) is 0 Å². The normalized spacial score (nSPS) is 16.2. The van der Waals surface area contributed by atoms with Crippen LogP contribution in [0, 0.1) is 5.41 Å². The number of aliphatic hydroxyl groups excluding tert-OH is 1. The number of nitrogens with zero attached hydrogens (tertiary/aromatic N) is 1. The second-order valence-electron chi connectivity index (χ2n) is 6.21. The molecule has 2 N–H and O–H groups in total. The standard InChI is InChI=1S/C14H32N2O/c1-7-15-13(14(3,4)5)9-11-16(6)10-8-12(2)17/h12-13,15,17H,7-11H2,1-6H3. The molecule has 0 fully saturated rings. The van der Waals surface area contributed by atoms with Gasteiger partial charge < -0.3 is 15.3 Å². The predicted molar refractivity (Wildman–Crippen MR) is 75.3 cm³/mol. The summed E-state index contributed by atoms with van der Waals surface area (Å²) in [6.45, 7) is 14.0. The SMILES string of the molecule is CCNC(CCN(C)CCC(C)O)C(C)(C)C. The van der Waals surface area contributed by atoms with Crippen molar-refractivity contribution >= 4 is 0 Å². The summed E-state index contributed by atoms with van der Waals surface area (Å²) >= 11 is 0. The lowest BCUT2D eigenvalue weighted by molar-refractivity contribution is 0.158. The van der Waals surface area contributed by atoms with E-state index in [0.717, 1.165) is 32.5 Å². The summed E-state index contributed by atoms with van der Waals surface area (Å²) < 4.78 is 0. The smallest absolute Gasteiger partial charge is 0.0524 e. The fourth-order valence-electron chi connectivity index (χ4n) is 1.96. The number of rotatable bonds is 8. The van der Waals surface area contributed by atoms with Gasteiger partial charge in [-0.3, -0.25) is 0 Å². The maximum absolute atomic E-state index is 9.25. The van der Waals surface area contributed by atoms with Gasteiger partial charge in [-0.2, -0.15) is 0 Å². The molecule has 2 unspecified atom stereocenters. The molecule has 0 aromatic carbocycles. The van der Waals surface area contributed by atoms with Gasteiger partial charge in [-0.1, -0.05) is 27.7 Å². The topological polar surface area (TPSA) is 35.5 Å². The van der Waals surface area contributed by atoms with E-state index < -0.39 is 0 Å². The van der Waals surface area contributed by atoms with Crippen LogP contribution >= 0.6 is 0 Å². The van der Waals surface area contributed by atoms with Gasteiger partial charge in [0.25, 0.3) is 0 Å². The van der Waals surface area contributed by atoms with Crippen molar-refractivity contribution in [2.75, 3.05) is 26.7 Å². The van der Waals surface area contributed by atoms with Crippen molar-refractivity contribution in [1.82, 2.24) is 10.2 Å². The second-order valence-corrected chi connectivity index (χ2v) is 6.21. The zero-order chi connectivity index (χ0) is 13.5. The Morgan fingerprint density at radius 2 is 1.71 bits per heavy atom. The summed E-state index contributed by atoms with van der Waals surface area (Å²) in [5, 5.41) is 12.8. The molecule has 104 valence electrons. The van der Waals surface area contributed by atoms with E-state index in [1.165, 1.54) is 0 Å². The van der Waals surface area contributed by atoms with Crippen LogP contribution in [0.1, 0.15) is 47.5 Å². The molecular formula is C14H32N2O. The molecule has 0 bridgehead atoms. The van der Waals surface area contributed by atoms with Gasteiger partial charge in [0.05, 0.1) is 6.10 Å². The Hall–Kier alpha value is -0.120. The summed E-state index contributed by atoms with van der Waals surface area (Å²) in [5.41, 5.74) is 0.307. The van der Waals surface area contributed by atoms with Gasteiger partial charge in [0.15, 0.2) is 0 Å². The summed E-state index contributed by atoms with van der Waals surface area (Å²) in [4.78, 5) is 2.31. The first kappa shape index (κ1) is 16.9. The van der Waals surface area contributed by atoms with Crippen LogP contribution in [0.3, 0.4) is 0 Å². The summed E-state index contributed by atoms with van der Waals surface area (Å²) in [6.07, 6.45) is 1.83. The first-order valence-corrected chi connectivity index (χ1v) is 6.87. The van der Waals surface area contributed by atoms with Gasteiger partial charge in [0.1, 0.15) is 0 Å². The van der Waals surface area contributed by atoms with Gasteiger partial charge in [0, 0.05) is 12.6 Å². The zero-order valence-electron chi connectivity index (χ0n) is 12.6. The van der Waals surface area contributed by atoms with Gasteiger partial charge in [-0.05, 0) is 45.3 Å². The predicted octanol–water partition coefficient (Wildman–Crippen LogP) is 2.10. The molecule has 0 aliphatic rings. The van der Waals surface area contributed by atoms with Gasteiger partial charge in [-0.25, -0.2) is 0 Å². The van der Waals surface area contributed by atoms with Crippen molar-refractivity contribution in [3.8, 4) is 0 Å². The van der Waals surface area contributed by atoms with E-state index in [2.05, 4.69) is 45.0 Å². The average molecular weight is 244 g/mol. The third kappa shape index (κ3) is 8.58. The fraction of sp³-hybridized carbons (Fsp3) is 1.00. The van der Waals surface area contributed by atoms with Crippen LogP contribution in [-0.4, -0.2) is 48.8 Å². The van der Waals surface area contributed by atoms with Gasteiger partial charge in [-0.15, -0.1) is 0 Å². The molecule has 0 aromatic rings. The lowest BCUT2D eigenvalue weighted by atomic mass is 9.84. The highest BCUT2D eigenvalue weighted by Crippen LogP contribution is 2.21. The number of aliphatic hydroxyl groups is 1. The average Bonchev–Trinajstić information content (AvgIpc) is 2.19. The largest absolute Gasteiger partial charge is 0.393 e. The Morgan fingerprint density at radius 3 is 2.12 bits per heavy atom. The summed E-state index contributed by atoms with van der Waals surface area (Å²) in [6, 6.07) is 0.557. The first-order chi connectivity index (χ1) is 7.77. The van der Waals surface area contributed by atoms with Crippen LogP contribution < -0.4 is 5.32 Å². The maximum atomic E-state index is 9.25. The third-order valence-electron chi connectivity index (χ3n) is 3.22. The first-order valence-electron chi connectivity index (χ1n) is 6.87. The zero-order valence-corrected chi connectivity index (χ0v) is 12.6. The summed E-state index contributed by atoms with van der Waals surface area (Å²) in [5.74, 6) is 0. The van der Waals surface area contributed by atoms with Crippen LogP contribution in [0.2, 0.25) is 0 Å². The van der Waals surface area contributed by atoms with E-state index in [4.69, 9.17) is 0 Å². The van der Waals surface area contributed by atoms with Gasteiger partial charge >= 0.3 is 0 Å². The highest BCUT2D eigenvalue weighted by molar-refractivity contribution is 4.80. The quantitative estimate of drug-likeness (QED) is 0.686. The number of hydrogen-bond acceptors (Lipinski definition) is 3. The van der Waals surface area contributed by atoms with E-state index in [0.29, 0.717) is 11.5 Å². The third-order valence-corrected chi connectivity index (χ3v) is 3.22. The Labute approximate surface area is 108 Å². The molecule has 2 atom stereocenters. The van der Waals surface area contributed by atoms with E-state index in [-0.39, 0.29) is 6.10 Å². The van der Waals surface area contributed by atoms with Crippen molar-refractivity contribution in [3.05, 3.63) is 0 Å². The molecule has 0 aliphatic carbocycles. The number of nitrogens with one attached hydrogen (secondary N) is 1. The molecule has 0 aromatic heterocycles. The molecule has 0 heterocycles. The highest BCUT2D eigenvalue weighted by atomic mass is 16.3. The Balaban J connectivity index is 3.95.